The fourth-order valence-corrected chi connectivity index (χ4v) is 3.67. The molecule has 1 N–H and O–H groups in total. The fraction of sp³-hybridized carbons (Fsp3) is 0.423. The molecule has 0 amide bonds. The van der Waals surface area contributed by atoms with Gasteiger partial charge in [0.05, 0.1) is 17.8 Å². The number of aliphatic carboxylic acids is 1. The highest BCUT2D eigenvalue weighted by atomic mass is 16.7. The topological polar surface area (TPSA) is 99.9 Å². The summed E-state index contributed by atoms with van der Waals surface area (Å²) in [5.74, 6) is 0.115. The Bertz CT molecular complexity index is 1180. The lowest BCUT2D eigenvalue weighted by molar-refractivity contribution is -0.152. The van der Waals surface area contributed by atoms with Crippen molar-refractivity contribution in [3.63, 3.8) is 0 Å². The number of fused-ring (bicyclic) bond motifs is 1. The number of rotatable bonds is 9. The molecule has 0 saturated heterocycles. The summed E-state index contributed by atoms with van der Waals surface area (Å²) in [5, 5.41) is 10.3. The van der Waals surface area contributed by atoms with E-state index in [1.165, 1.54) is 13.8 Å². The van der Waals surface area contributed by atoms with Crippen molar-refractivity contribution in [3.8, 4) is 22.6 Å². The summed E-state index contributed by atoms with van der Waals surface area (Å²) in [6.45, 7) is 11.8. The Morgan fingerprint density at radius 2 is 1.85 bits per heavy atom. The molecular weight excluding hydrogens is 436 g/mol. The molecule has 0 fully saturated rings. The number of pyridine rings is 1. The van der Waals surface area contributed by atoms with Gasteiger partial charge in [0.1, 0.15) is 5.75 Å². The van der Waals surface area contributed by atoms with Gasteiger partial charge in [0.25, 0.3) is 0 Å². The Balaban J connectivity index is 2.28. The van der Waals surface area contributed by atoms with E-state index in [9.17, 15) is 14.7 Å². The van der Waals surface area contributed by atoms with Crippen LogP contribution < -0.4 is 9.47 Å². The second kappa shape index (κ2) is 10.2. The molecule has 0 spiro atoms. The molecule has 0 saturated carbocycles. The molecule has 0 aliphatic rings. The molecule has 182 valence electrons. The minimum absolute atomic E-state index is 0.192. The Kier molecular flexibility index (Phi) is 7.49. The fourth-order valence-electron chi connectivity index (χ4n) is 3.67. The van der Waals surface area contributed by atoms with Crippen LogP contribution in [0.3, 0.4) is 0 Å². The summed E-state index contributed by atoms with van der Waals surface area (Å²) in [4.78, 5) is 28.1. The first-order chi connectivity index (χ1) is 16.0. The van der Waals surface area contributed by atoms with Crippen LogP contribution in [0.15, 0.2) is 36.7 Å². The van der Waals surface area contributed by atoms with E-state index in [1.54, 1.807) is 25.4 Å². The Morgan fingerprint density at radius 3 is 2.44 bits per heavy atom. The lowest BCUT2D eigenvalue weighted by Gasteiger charge is -2.24. The number of nitrogens with zero attached hydrogens (tertiary/aromatic N) is 2. The van der Waals surface area contributed by atoms with Gasteiger partial charge in [-0.2, -0.15) is 0 Å². The van der Waals surface area contributed by atoms with Crippen LogP contribution in [0.4, 0.5) is 4.79 Å². The van der Waals surface area contributed by atoms with Gasteiger partial charge in [-0.15, -0.1) is 0 Å². The van der Waals surface area contributed by atoms with Crippen LogP contribution in [-0.4, -0.2) is 39.0 Å². The van der Waals surface area contributed by atoms with Gasteiger partial charge in [0.2, 0.25) is 0 Å². The summed E-state index contributed by atoms with van der Waals surface area (Å²) in [5.41, 5.74) is 1.70. The average molecular weight is 469 g/mol. The maximum Gasteiger partial charge on any atom is 0.513 e. The number of aryl methyl sites for hydroxylation is 1. The van der Waals surface area contributed by atoms with Gasteiger partial charge in [-0.1, -0.05) is 13.8 Å². The second-order valence-corrected chi connectivity index (χ2v) is 9.05. The smallest absolute Gasteiger partial charge is 0.478 e. The van der Waals surface area contributed by atoms with Crippen molar-refractivity contribution in [1.82, 2.24) is 9.55 Å². The van der Waals surface area contributed by atoms with E-state index >= 15 is 0 Å². The molecule has 8 nitrogen and oxygen atoms in total. The van der Waals surface area contributed by atoms with Gasteiger partial charge >= 0.3 is 12.1 Å². The van der Waals surface area contributed by atoms with Crippen molar-refractivity contribution in [3.05, 3.63) is 42.4 Å². The lowest BCUT2D eigenvalue weighted by Crippen LogP contribution is -2.38. The van der Waals surface area contributed by atoms with Crippen molar-refractivity contribution in [2.45, 2.75) is 60.1 Å². The number of benzene rings is 1. The van der Waals surface area contributed by atoms with Gasteiger partial charge in [0.15, 0.2) is 11.4 Å². The van der Waals surface area contributed by atoms with Crippen LogP contribution in [0.1, 0.15) is 46.7 Å². The second-order valence-electron chi connectivity index (χ2n) is 9.05. The number of carboxylic acid groups (broad SMARTS) is 1. The van der Waals surface area contributed by atoms with Crippen molar-refractivity contribution in [2.75, 3.05) is 6.61 Å². The molecule has 0 aliphatic heterocycles. The van der Waals surface area contributed by atoms with Gasteiger partial charge in [-0.3, -0.25) is 4.98 Å². The van der Waals surface area contributed by atoms with Crippen LogP contribution in [0.5, 0.6) is 11.5 Å². The zero-order valence-electron chi connectivity index (χ0n) is 20.5. The van der Waals surface area contributed by atoms with Gasteiger partial charge in [-0.25, -0.2) is 9.59 Å². The van der Waals surface area contributed by atoms with E-state index in [2.05, 4.69) is 23.4 Å². The predicted octanol–water partition coefficient (Wildman–Crippen LogP) is 5.84. The normalized spacial score (nSPS) is 11.6. The maximum atomic E-state index is 12.2. The Morgan fingerprint density at radius 1 is 1.18 bits per heavy atom. The molecule has 3 aromatic rings. The molecule has 2 aromatic heterocycles. The van der Waals surface area contributed by atoms with E-state index in [0.717, 1.165) is 35.3 Å². The van der Waals surface area contributed by atoms with Crippen LogP contribution in [0.2, 0.25) is 0 Å². The third-order valence-electron chi connectivity index (χ3n) is 5.62. The van der Waals surface area contributed by atoms with Crippen molar-refractivity contribution >= 4 is 23.0 Å². The van der Waals surface area contributed by atoms with Gasteiger partial charge in [0, 0.05) is 29.9 Å². The molecule has 3 rings (SSSR count). The van der Waals surface area contributed by atoms with Crippen LogP contribution in [0.25, 0.3) is 22.0 Å². The Hall–Kier alpha value is -3.55. The maximum absolute atomic E-state index is 12.2. The number of carbonyl (C=O) groups is 2. The van der Waals surface area contributed by atoms with Crippen molar-refractivity contribution < 1.29 is 28.9 Å². The third-order valence-corrected chi connectivity index (χ3v) is 5.62. The van der Waals surface area contributed by atoms with Crippen LogP contribution >= 0.6 is 0 Å². The SMILES string of the molecule is CCOC(=O)Oc1c(C)n(CCC(C)C)c2cc(-c3ccncc3)c(OC(C)(C)C(=O)O)cc12. The van der Waals surface area contributed by atoms with Gasteiger partial charge < -0.3 is 23.9 Å². The summed E-state index contributed by atoms with van der Waals surface area (Å²) in [6, 6.07) is 7.37. The third kappa shape index (κ3) is 5.32. The van der Waals surface area contributed by atoms with E-state index < -0.39 is 17.7 Å². The average Bonchev–Trinajstić information content (AvgIpc) is 3.02. The van der Waals surface area contributed by atoms with Gasteiger partial charge in [-0.05, 0) is 69.9 Å². The van der Waals surface area contributed by atoms with Crippen molar-refractivity contribution in [1.29, 1.82) is 0 Å². The van der Waals surface area contributed by atoms with E-state index in [0.29, 0.717) is 22.8 Å². The number of hydrogen-bond acceptors (Lipinski definition) is 6. The molecule has 0 unspecified atom stereocenters. The van der Waals surface area contributed by atoms with E-state index in [-0.39, 0.29) is 6.61 Å². The molecule has 1 aromatic carbocycles. The molecule has 0 aliphatic carbocycles. The largest absolute Gasteiger partial charge is 0.513 e. The summed E-state index contributed by atoms with van der Waals surface area (Å²) in [7, 11) is 0. The monoisotopic (exact) mass is 468 g/mol. The number of hydrogen-bond donors (Lipinski definition) is 1. The molecule has 8 heteroatoms. The summed E-state index contributed by atoms with van der Waals surface area (Å²) in [6.07, 6.45) is 3.48. The number of carboxylic acids is 1. The predicted molar refractivity (Wildman–Crippen MR) is 129 cm³/mol. The Labute approximate surface area is 199 Å². The summed E-state index contributed by atoms with van der Waals surface area (Å²) < 4.78 is 18.7. The van der Waals surface area contributed by atoms with Crippen LogP contribution in [-0.2, 0) is 16.1 Å². The quantitative estimate of drug-likeness (QED) is 0.394. The minimum Gasteiger partial charge on any atom is -0.478 e. The molecule has 2 heterocycles. The highest BCUT2D eigenvalue weighted by Gasteiger charge is 2.31. The highest BCUT2D eigenvalue weighted by Crippen LogP contribution is 2.42. The van der Waals surface area contributed by atoms with Crippen molar-refractivity contribution in [2.24, 2.45) is 5.92 Å². The zero-order valence-corrected chi connectivity index (χ0v) is 20.5. The first-order valence-electron chi connectivity index (χ1n) is 11.4. The number of carbonyl (C=O) groups excluding carboxylic acids is 1. The number of aromatic nitrogens is 2. The van der Waals surface area contributed by atoms with Crippen LogP contribution in [0, 0.1) is 12.8 Å². The van der Waals surface area contributed by atoms with E-state index in [1.807, 2.05) is 25.1 Å². The molecular formula is C26H32N2O6. The molecule has 0 radical (unpaired) electrons. The molecule has 0 bridgehead atoms. The first kappa shape index (κ1) is 25.1. The molecule has 0 atom stereocenters. The number of ether oxygens (including phenoxy) is 3. The lowest BCUT2D eigenvalue weighted by atomic mass is 10.0. The minimum atomic E-state index is -1.48. The first-order valence-corrected chi connectivity index (χ1v) is 11.4. The summed E-state index contributed by atoms with van der Waals surface area (Å²) >= 11 is 0. The molecule has 34 heavy (non-hydrogen) atoms. The highest BCUT2D eigenvalue weighted by molar-refractivity contribution is 5.96. The zero-order chi connectivity index (χ0) is 25.0. The standard InChI is InChI=1S/C26H32N2O6/c1-7-32-25(31)33-23-17(4)28(13-10-16(2)3)21-14-19(18-8-11-27-12-9-18)22(15-20(21)23)34-26(5,6)24(29)30/h8-9,11-12,14-16H,7,10,13H2,1-6H3,(H,29,30). The van der Waals surface area contributed by atoms with E-state index in [4.69, 9.17) is 14.2 Å².